The molecule has 0 aromatic rings. The molecule has 0 aliphatic carbocycles. The van der Waals surface area contributed by atoms with E-state index in [1.165, 1.54) is 0 Å². The van der Waals surface area contributed by atoms with Crippen molar-refractivity contribution in [3.63, 3.8) is 0 Å². The molecule has 0 radical (unpaired) electrons. The maximum atomic E-state index is 11.2. The standard InChI is InChI=1S/C9H19NO3/c1-4-5-10-8(13)7(12)9(2,3)6-11/h7,11-12H,4-6H2,1-3H3,(H,10,13)/t7-/m1/s1. The lowest BCUT2D eigenvalue weighted by atomic mass is 9.87. The summed E-state index contributed by atoms with van der Waals surface area (Å²) in [6, 6.07) is 0. The lowest BCUT2D eigenvalue weighted by molar-refractivity contribution is -0.137. The van der Waals surface area contributed by atoms with Gasteiger partial charge in [-0.2, -0.15) is 0 Å². The van der Waals surface area contributed by atoms with Crippen LogP contribution >= 0.6 is 0 Å². The van der Waals surface area contributed by atoms with E-state index in [-0.39, 0.29) is 6.61 Å². The van der Waals surface area contributed by atoms with Gasteiger partial charge in [-0.1, -0.05) is 20.8 Å². The molecule has 0 aromatic heterocycles. The number of carbonyl (C=O) groups is 1. The van der Waals surface area contributed by atoms with Gasteiger partial charge in [0.05, 0.1) is 6.61 Å². The van der Waals surface area contributed by atoms with E-state index in [4.69, 9.17) is 5.11 Å². The summed E-state index contributed by atoms with van der Waals surface area (Å²) < 4.78 is 0. The fraction of sp³-hybridized carbons (Fsp3) is 0.889. The third-order valence-corrected chi connectivity index (χ3v) is 1.95. The molecule has 0 saturated heterocycles. The summed E-state index contributed by atoms with van der Waals surface area (Å²) in [4.78, 5) is 11.2. The number of amides is 1. The van der Waals surface area contributed by atoms with Gasteiger partial charge in [0.25, 0.3) is 0 Å². The Morgan fingerprint density at radius 3 is 2.46 bits per heavy atom. The molecule has 3 N–H and O–H groups in total. The van der Waals surface area contributed by atoms with Crippen LogP contribution in [0.25, 0.3) is 0 Å². The van der Waals surface area contributed by atoms with Gasteiger partial charge in [0.15, 0.2) is 0 Å². The van der Waals surface area contributed by atoms with Crippen molar-refractivity contribution in [1.29, 1.82) is 0 Å². The highest BCUT2D eigenvalue weighted by atomic mass is 16.3. The summed E-state index contributed by atoms with van der Waals surface area (Å²) in [6.45, 7) is 5.56. The monoisotopic (exact) mass is 189 g/mol. The SMILES string of the molecule is CCCNC(=O)[C@@H](O)C(C)(C)CO. The van der Waals surface area contributed by atoms with E-state index in [1.807, 2.05) is 6.92 Å². The minimum atomic E-state index is -1.15. The van der Waals surface area contributed by atoms with Crippen molar-refractivity contribution in [3.05, 3.63) is 0 Å². The average Bonchev–Trinajstić information content (AvgIpc) is 2.12. The molecule has 13 heavy (non-hydrogen) atoms. The van der Waals surface area contributed by atoms with Crippen molar-refractivity contribution >= 4 is 5.91 Å². The fourth-order valence-corrected chi connectivity index (χ4v) is 0.786. The van der Waals surface area contributed by atoms with Crippen LogP contribution in [0.2, 0.25) is 0 Å². The summed E-state index contributed by atoms with van der Waals surface area (Å²) >= 11 is 0. The van der Waals surface area contributed by atoms with Gasteiger partial charge in [-0.3, -0.25) is 4.79 Å². The van der Waals surface area contributed by atoms with Crippen LogP contribution in [0, 0.1) is 5.41 Å². The molecule has 4 nitrogen and oxygen atoms in total. The van der Waals surface area contributed by atoms with Crippen LogP contribution < -0.4 is 5.32 Å². The van der Waals surface area contributed by atoms with E-state index >= 15 is 0 Å². The molecule has 0 spiro atoms. The molecular formula is C9H19NO3. The van der Waals surface area contributed by atoms with Gasteiger partial charge < -0.3 is 15.5 Å². The molecule has 0 aliphatic rings. The molecule has 0 rings (SSSR count). The largest absolute Gasteiger partial charge is 0.396 e. The van der Waals surface area contributed by atoms with Crippen molar-refractivity contribution < 1.29 is 15.0 Å². The smallest absolute Gasteiger partial charge is 0.249 e. The van der Waals surface area contributed by atoms with Gasteiger partial charge >= 0.3 is 0 Å². The second kappa shape index (κ2) is 5.19. The first-order valence-electron chi connectivity index (χ1n) is 4.52. The molecule has 0 aromatic carbocycles. The molecule has 1 amide bonds. The summed E-state index contributed by atoms with van der Waals surface area (Å²) in [6.07, 6.45) is -0.318. The lowest BCUT2D eigenvalue weighted by Gasteiger charge is -2.26. The molecular weight excluding hydrogens is 170 g/mol. The maximum absolute atomic E-state index is 11.2. The highest BCUT2D eigenvalue weighted by Gasteiger charge is 2.32. The molecule has 0 saturated carbocycles. The van der Waals surface area contributed by atoms with Crippen LogP contribution in [0.4, 0.5) is 0 Å². The first kappa shape index (κ1) is 12.4. The third-order valence-electron chi connectivity index (χ3n) is 1.95. The molecule has 4 heteroatoms. The number of aliphatic hydroxyl groups is 2. The molecule has 0 fully saturated rings. The molecule has 0 aliphatic heterocycles. The topological polar surface area (TPSA) is 69.6 Å². The third kappa shape index (κ3) is 3.74. The van der Waals surface area contributed by atoms with Crippen LogP contribution in [0.1, 0.15) is 27.2 Å². The Morgan fingerprint density at radius 2 is 2.08 bits per heavy atom. The Kier molecular flexibility index (Phi) is 4.95. The predicted octanol–water partition coefficient (Wildman–Crippen LogP) is -0.108. The van der Waals surface area contributed by atoms with E-state index in [1.54, 1.807) is 13.8 Å². The Morgan fingerprint density at radius 1 is 1.54 bits per heavy atom. The van der Waals surface area contributed by atoms with Gasteiger partial charge in [-0.25, -0.2) is 0 Å². The number of hydrogen-bond donors (Lipinski definition) is 3. The van der Waals surface area contributed by atoms with Gasteiger partial charge in [-0.15, -0.1) is 0 Å². The van der Waals surface area contributed by atoms with E-state index in [0.29, 0.717) is 6.54 Å². The van der Waals surface area contributed by atoms with Crippen LogP contribution in [-0.4, -0.2) is 35.4 Å². The second-order valence-electron chi connectivity index (χ2n) is 3.84. The van der Waals surface area contributed by atoms with Crippen molar-refractivity contribution in [2.75, 3.05) is 13.2 Å². The zero-order chi connectivity index (χ0) is 10.5. The number of aliphatic hydroxyl groups excluding tert-OH is 2. The molecule has 0 unspecified atom stereocenters. The Labute approximate surface area is 79.0 Å². The zero-order valence-electron chi connectivity index (χ0n) is 8.50. The van der Waals surface area contributed by atoms with Crippen LogP contribution in [0.3, 0.4) is 0 Å². The average molecular weight is 189 g/mol. The summed E-state index contributed by atoms with van der Waals surface area (Å²) in [5.74, 6) is -0.416. The van der Waals surface area contributed by atoms with E-state index in [0.717, 1.165) is 6.42 Å². The highest BCUT2D eigenvalue weighted by Crippen LogP contribution is 2.19. The van der Waals surface area contributed by atoms with Gasteiger partial charge in [-0.05, 0) is 6.42 Å². The Bertz CT molecular complexity index is 168. The quantitative estimate of drug-likeness (QED) is 0.565. The fourth-order valence-electron chi connectivity index (χ4n) is 0.786. The minimum absolute atomic E-state index is 0.215. The van der Waals surface area contributed by atoms with Gasteiger partial charge in [0.1, 0.15) is 6.10 Å². The molecule has 0 heterocycles. The molecule has 0 bridgehead atoms. The normalized spacial score (nSPS) is 13.9. The van der Waals surface area contributed by atoms with E-state index in [2.05, 4.69) is 5.32 Å². The number of hydrogen-bond acceptors (Lipinski definition) is 3. The zero-order valence-corrected chi connectivity index (χ0v) is 8.50. The Balaban J connectivity index is 4.09. The lowest BCUT2D eigenvalue weighted by Crippen LogP contribution is -2.45. The molecule has 1 atom stereocenters. The van der Waals surface area contributed by atoms with Crippen molar-refractivity contribution in [2.24, 2.45) is 5.41 Å². The van der Waals surface area contributed by atoms with Gasteiger partial charge in [0.2, 0.25) is 5.91 Å². The number of nitrogens with one attached hydrogen (secondary N) is 1. The predicted molar refractivity (Wildman–Crippen MR) is 50.2 cm³/mol. The maximum Gasteiger partial charge on any atom is 0.249 e. The second-order valence-corrected chi connectivity index (χ2v) is 3.84. The number of rotatable bonds is 5. The number of carbonyl (C=O) groups excluding carboxylic acids is 1. The molecule has 78 valence electrons. The van der Waals surface area contributed by atoms with Crippen LogP contribution in [0.15, 0.2) is 0 Å². The van der Waals surface area contributed by atoms with Gasteiger partial charge in [0, 0.05) is 12.0 Å². The van der Waals surface area contributed by atoms with E-state index < -0.39 is 17.4 Å². The Hall–Kier alpha value is -0.610. The summed E-state index contributed by atoms with van der Waals surface area (Å²) in [5, 5.41) is 21.0. The first-order valence-corrected chi connectivity index (χ1v) is 4.52. The van der Waals surface area contributed by atoms with Crippen LogP contribution in [0.5, 0.6) is 0 Å². The minimum Gasteiger partial charge on any atom is -0.396 e. The highest BCUT2D eigenvalue weighted by molar-refractivity contribution is 5.81. The summed E-state index contributed by atoms with van der Waals surface area (Å²) in [5.41, 5.74) is -0.780. The first-order chi connectivity index (χ1) is 5.95. The van der Waals surface area contributed by atoms with Crippen molar-refractivity contribution in [1.82, 2.24) is 5.32 Å². The van der Waals surface area contributed by atoms with E-state index in [9.17, 15) is 9.90 Å². The van der Waals surface area contributed by atoms with Crippen LogP contribution in [-0.2, 0) is 4.79 Å². The summed E-state index contributed by atoms with van der Waals surface area (Å²) in [7, 11) is 0. The van der Waals surface area contributed by atoms with Crippen molar-refractivity contribution in [3.8, 4) is 0 Å². The van der Waals surface area contributed by atoms with Crippen molar-refractivity contribution in [2.45, 2.75) is 33.3 Å².